The van der Waals surface area contributed by atoms with E-state index in [0.717, 1.165) is 18.7 Å². The lowest BCUT2D eigenvalue weighted by atomic mass is 10.1. The normalized spacial score (nSPS) is 11.7. The van der Waals surface area contributed by atoms with Crippen LogP contribution in [0.25, 0.3) is 0 Å². The van der Waals surface area contributed by atoms with E-state index < -0.39 is 0 Å². The lowest BCUT2D eigenvalue weighted by Gasteiger charge is -2.19. The molecule has 1 amide bonds. The van der Waals surface area contributed by atoms with Crippen LogP contribution in [0.2, 0.25) is 5.15 Å². The second kappa shape index (κ2) is 11.7. The quantitative estimate of drug-likeness (QED) is 0.265. The Labute approximate surface area is 193 Å². The van der Waals surface area contributed by atoms with Crippen molar-refractivity contribution in [3.63, 3.8) is 0 Å². The molecule has 0 fully saturated rings. The molecule has 7 heteroatoms. The summed E-state index contributed by atoms with van der Waals surface area (Å²) in [5, 5.41) is 3.91. The van der Waals surface area contributed by atoms with Gasteiger partial charge >= 0.3 is 0 Å². The van der Waals surface area contributed by atoms with Gasteiger partial charge in [0, 0.05) is 25.7 Å². The summed E-state index contributed by atoms with van der Waals surface area (Å²) < 4.78 is 0. The van der Waals surface area contributed by atoms with Gasteiger partial charge in [0.2, 0.25) is 5.91 Å². The van der Waals surface area contributed by atoms with E-state index in [2.05, 4.69) is 39.6 Å². The molecular weight excluding hydrogens is 428 g/mol. The van der Waals surface area contributed by atoms with E-state index in [1.54, 1.807) is 6.07 Å². The van der Waals surface area contributed by atoms with Crippen molar-refractivity contribution in [2.45, 2.75) is 37.5 Å². The van der Waals surface area contributed by atoms with Gasteiger partial charge in [-0.2, -0.15) is 0 Å². The second-order valence-electron chi connectivity index (χ2n) is 7.45. The molecule has 0 aliphatic heterocycles. The first kappa shape index (κ1) is 23.1. The van der Waals surface area contributed by atoms with Gasteiger partial charge in [0.25, 0.3) is 0 Å². The summed E-state index contributed by atoms with van der Waals surface area (Å²) >= 11 is 7.50. The molecule has 0 aliphatic carbocycles. The topological polar surface area (TPSA) is 58.1 Å². The fourth-order valence-electron chi connectivity index (χ4n) is 3.13. The number of carbonyl (C=O) groups excluding carboxylic acids is 1. The number of hydrogen-bond donors (Lipinski definition) is 1. The average molecular weight is 455 g/mol. The van der Waals surface area contributed by atoms with Crippen molar-refractivity contribution >= 4 is 35.1 Å². The predicted molar refractivity (Wildman–Crippen MR) is 129 cm³/mol. The number of amides is 1. The van der Waals surface area contributed by atoms with Crippen molar-refractivity contribution in [1.29, 1.82) is 0 Å². The Hall–Kier alpha value is -2.57. The first-order chi connectivity index (χ1) is 15.0. The number of hydrogen-bond acceptors (Lipinski definition) is 5. The molecule has 0 aliphatic rings. The monoisotopic (exact) mass is 454 g/mol. The number of halogens is 1. The minimum atomic E-state index is -0.0340. The number of aromatic nitrogens is 2. The van der Waals surface area contributed by atoms with E-state index in [9.17, 15) is 4.79 Å². The molecule has 162 valence electrons. The van der Waals surface area contributed by atoms with Crippen LogP contribution in [0, 0.1) is 0 Å². The number of nitrogens with one attached hydrogen (secondary N) is 1. The zero-order valence-corrected chi connectivity index (χ0v) is 19.4. The summed E-state index contributed by atoms with van der Waals surface area (Å²) in [6.45, 7) is 2.73. The Balaban J connectivity index is 1.49. The molecule has 3 rings (SSSR count). The van der Waals surface area contributed by atoms with Crippen LogP contribution in [0.5, 0.6) is 0 Å². The molecule has 1 aromatic heterocycles. The van der Waals surface area contributed by atoms with E-state index in [-0.39, 0.29) is 17.7 Å². The van der Waals surface area contributed by atoms with E-state index in [1.165, 1.54) is 22.9 Å². The number of rotatable bonds is 10. The third kappa shape index (κ3) is 7.89. The maximum absolute atomic E-state index is 12.4. The second-order valence-corrected chi connectivity index (χ2v) is 8.78. The number of carbonyl (C=O) groups is 1. The van der Waals surface area contributed by atoms with E-state index >= 15 is 0 Å². The Morgan fingerprint density at radius 2 is 1.71 bits per heavy atom. The van der Waals surface area contributed by atoms with Gasteiger partial charge in [-0.3, -0.25) is 4.79 Å². The largest absolute Gasteiger partial charge is 0.355 e. The Morgan fingerprint density at radius 3 is 2.39 bits per heavy atom. The SMILES string of the molecule is CC(CCc1ccccc1)NC(=O)CSc1nc(Cl)cc(N(C)Cc2ccccc2)n1. The lowest BCUT2D eigenvalue weighted by Crippen LogP contribution is -2.34. The lowest BCUT2D eigenvalue weighted by molar-refractivity contribution is -0.119. The van der Waals surface area contributed by atoms with E-state index in [0.29, 0.717) is 16.9 Å². The zero-order chi connectivity index (χ0) is 22.1. The standard InChI is InChI=1S/C24H27ClN4OS/c1-18(13-14-19-9-5-3-6-10-19)26-23(30)17-31-24-27-21(25)15-22(28-24)29(2)16-20-11-7-4-8-12-20/h3-12,15,18H,13-14,16-17H2,1-2H3,(H,26,30). The summed E-state index contributed by atoms with van der Waals surface area (Å²) in [7, 11) is 1.96. The zero-order valence-electron chi connectivity index (χ0n) is 17.8. The summed E-state index contributed by atoms with van der Waals surface area (Å²) in [5.41, 5.74) is 2.45. The summed E-state index contributed by atoms with van der Waals surface area (Å²) in [6, 6.07) is 22.3. The van der Waals surface area contributed by atoms with E-state index in [4.69, 9.17) is 11.6 Å². The number of benzene rings is 2. The van der Waals surface area contributed by atoms with Crippen LogP contribution in [0.4, 0.5) is 5.82 Å². The maximum atomic E-state index is 12.4. The Morgan fingerprint density at radius 1 is 1.06 bits per heavy atom. The molecule has 5 nitrogen and oxygen atoms in total. The molecule has 0 spiro atoms. The first-order valence-corrected chi connectivity index (χ1v) is 11.6. The van der Waals surface area contributed by atoms with Crippen LogP contribution < -0.4 is 10.2 Å². The molecule has 0 bridgehead atoms. The van der Waals surface area contributed by atoms with Crippen LogP contribution in [-0.4, -0.2) is 34.7 Å². The summed E-state index contributed by atoms with van der Waals surface area (Å²) in [6.07, 6.45) is 1.83. The fourth-order valence-corrected chi connectivity index (χ4v) is 4.02. The molecule has 3 aromatic rings. The van der Waals surface area contributed by atoms with Crippen molar-refractivity contribution in [2.24, 2.45) is 0 Å². The highest BCUT2D eigenvalue weighted by Crippen LogP contribution is 2.22. The van der Waals surface area contributed by atoms with Crippen LogP contribution >= 0.6 is 23.4 Å². The highest BCUT2D eigenvalue weighted by Gasteiger charge is 2.12. The van der Waals surface area contributed by atoms with Gasteiger partial charge in [-0.1, -0.05) is 84.0 Å². The van der Waals surface area contributed by atoms with E-state index in [1.807, 2.05) is 55.3 Å². The van der Waals surface area contributed by atoms with Crippen molar-refractivity contribution in [2.75, 3.05) is 17.7 Å². The van der Waals surface area contributed by atoms with Crippen LogP contribution in [0.15, 0.2) is 71.9 Å². The highest BCUT2D eigenvalue weighted by molar-refractivity contribution is 7.99. The third-order valence-electron chi connectivity index (χ3n) is 4.76. The smallest absolute Gasteiger partial charge is 0.230 e. The van der Waals surface area contributed by atoms with Gasteiger partial charge in [0.15, 0.2) is 5.16 Å². The number of anilines is 1. The van der Waals surface area contributed by atoms with Gasteiger partial charge in [-0.05, 0) is 30.9 Å². The first-order valence-electron chi connectivity index (χ1n) is 10.3. The van der Waals surface area contributed by atoms with Gasteiger partial charge in [-0.15, -0.1) is 0 Å². The molecule has 31 heavy (non-hydrogen) atoms. The minimum absolute atomic E-state index is 0.0340. The Kier molecular flexibility index (Phi) is 8.74. The van der Waals surface area contributed by atoms with Crippen molar-refractivity contribution in [3.05, 3.63) is 83.0 Å². The highest BCUT2D eigenvalue weighted by atomic mass is 35.5. The minimum Gasteiger partial charge on any atom is -0.355 e. The fraction of sp³-hybridized carbons (Fsp3) is 0.292. The maximum Gasteiger partial charge on any atom is 0.230 e. The molecule has 1 N–H and O–H groups in total. The van der Waals surface area contributed by atoms with Crippen LogP contribution in [0.1, 0.15) is 24.5 Å². The third-order valence-corrected chi connectivity index (χ3v) is 5.80. The number of nitrogens with zero attached hydrogens (tertiary/aromatic N) is 3. The van der Waals surface area contributed by atoms with Gasteiger partial charge < -0.3 is 10.2 Å². The molecule has 0 saturated carbocycles. The molecular formula is C24H27ClN4OS. The molecule has 1 heterocycles. The Bertz CT molecular complexity index is 972. The van der Waals surface area contributed by atoms with Crippen LogP contribution in [0.3, 0.4) is 0 Å². The molecule has 0 radical (unpaired) electrons. The van der Waals surface area contributed by atoms with Gasteiger partial charge in [0.05, 0.1) is 5.75 Å². The van der Waals surface area contributed by atoms with Crippen LogP contribution in [-0.2, 0) is 17.8 Å². The summed E-state index contributed by atoms with van der Waals surface area (Å²) in [5.74, 6) is 0.939. The molecule has 1 unspecified atom stereocenters. The average Bonchev–Trinajstić information content (AvgIpc) is 2.77. The number of thioether (sulfide) groups is 1. The van der Waals surface area contributed by atoms with Crippen molar-refractivity contribution < 1.29 is 4.79 Å². The predicted octanol–water partition coefficient (Wildman–Crippen LogP) is 5.00. The molecule has 0 saturated heterocycles. The number of aryl methyl sites for hydroxylation is 1. The van der Waals surface area contributed by atoms with Gasteiger partial charge in [-0.25, -0.2) is 9.97 Å². The van der Waals surface area contributed by atoms with Crippen molar-refractivity contribution in [3.8, 4) is 0 Å². The van der Waals surface area contributed by atoms with Crippen molar-refractivity contribution in [1.82, 2.24) is 15.3 Å². The van der Waals surface area contributed by atoms with Gasteiger partial charge in [0.1, 0.15) is 11.0 Å². The molecule has 1 atom stereocenters. The molecule has 2 aromatic carbocycles. The summed E-state index contributed by atoms with van der Waals surface area (Å²) in [4.78, 5) is 23.2.